The molecule has 4 nitrogen and oxygen atoms in total. The number of esters is 1. The summed E-state index contributed by atoms with van der Waals surface area (Å²) in [5, 5.41) is 3.03. The second-order valence-electron chi connectivity index (χ2n) is 2.88. The predicted molar refractivity (Wildman–Crippen MR) is 54.9 cm³/mol. The molecule has 14 heavy (non-hydrogen) atoms. The summed E-state index contributed by atoms with van der Waals surface area (Å²) in [6, 6.07) is 8.93. The smallest absolute Gasteiger partial charge is 0.324 e. The minimum atomic E-state index is -0.625. The van der Waals surface area contributed by atoms with E-state index in [1.54, 1.807) is 0 Å². The molecule has 4 heteroatoms. The topological polar surface area (TPSA) is 64.3 Å². The van der Waals surface area contributed by atoms with Crippen molar-refractivity contribution in [3.05, 3.63) is 30.3 Å². The number of hydrogen-bond donors (Lipinski definition) is 2. The predicted octanol–water partition coefficient (Wildman–Crippen LogP) is 0.599. The number of nitrogens with one attached hydrogen (secondary N) is 1. The zero-order valence-electron chi connectivity index (χ0n) is 8.07. The summed E-state index contributed by atoms with van der Waals surface area (Å²) in [5.74, 6) is -0.409. The van der Waals surface area contributed by atoms with Gasteiger partial charge >= 0.3 is 5.97 Å². The van der Waals surface area contributed by atoms with Crippen molar-refractivity contribution < 1.29 is 9.53 Å². The summed E-state index contributed by atoms with van der Waals surface area (Å²) in [5.41, 5.74) is 6.48. The van der Waals surface area contributed by atoms with Gasteiger partial charge in [-0.25, -0.2) is 0 Å². The molecule has 1 aromatic rings. The molecule has 0 saturated heterocycles. The largest absolute Gasteiger partial charge is 0.468 e. The van der Waals surface area contributed by atoms with Crippen molar-refractivity contribution in [1.82, 2.24) is 0 Å². The molecule has 0 unspecified atom stereocenters. The molecule has 1 aromatic carbocycles. The lowest BCUT2D eigenvalue weighted by Gasteiger charge is -2.11. The summed E-state index contributed by atoms with van der Waals surface area (Å²) >= 11 is 0. The number of carbonyl (C=O) groups excluding carboxylic acids is 1. The number of anilines is 1. The highest BCUT2D eigenvalue weighted by atomic mass is 16.5. The van der Waals surface area contributed by atoms with E-state index in [2.05, 4.69) is 10.1 Å². The second kappa shape index (κ2) is 5.24. The van der Waals surface area contributed by atoms with Crippen molar-refractivity contribution in [2.45, 2.75) is 6.04 Å². The first-order valence-electron chi connectivity index (χ1n) is 4.36. The number of rotatable bonds is 4. The Hall–Kier alpha value is -1.55. The summed E-state index contributed by atoms with van der Waals surface area (Å²) < 4.78 is 4.50. The molecule has 0 fully saturated rings. The van der Waals surface area contributed by atoms with Gasteiger partial charge in [0.2, 0.25) is 0 Å². The van der Waals surface area contributed by atoms with Crippen molar-refractivity contribution >= 4 is 11.7 Å². The van der Waals surface area contributed by atoms with Crippen molar-refractivity contribution in [1.29, 1.82) is 0 Å². The maximum Gasteiger partial charge on any atom is 0.324 e. The van der Waals surface area contributed by atoms with E-state index in [1.165, 1.54) is 7.11 Å². The van der Waals surface area contributed by atoms with Gasteiger partial charge in [0, 0.05) is 12.2 Å². The Morgan fingerprint density at radius 1 is 1.50 bits per heavy atom. The number of nitrogens with two attached hydrogens (primary N) is 1. The Balaban J connectivity index is 2.38. The standard InChI is InChI=1S/C10H14N2O2/c1-14-10(13)9(11)7-12-8-5-3-2-4-6-8/h2-6,9,12H,7,11H2,1H3/t9-/m0/s1. The van der Waals surface area contributed by atoms with E-state index in [4.69, 9.17) is 5.73 Å². The summed E-state index contributed by atoms with van der Waals surface area (Å²) in [7, 11) is 1.32. The van der Waals surface area contributed by atoms with Gasteiger partial charge in [-0.3, -0.25) is 4.79 Å². The summed E-state index contributed by atoms with van der Waals surface area (Å²) in [4.78, 5) is 10.9. The van der Waals surface area contributed by atoms with Gasteiger partial charge < -0.3 is 15.8 Å². The molecule has 3 N–H and O–H groups in total. The molecule has 0 heterocycles. The first-order valence-corrected chi connectivity index (χ1v) is 4.36. The lowest BCUT2D eigenvalue weighted by atomic mass is 10.3. The third kappa shape index (κ3) is 3.06. The Kier molecular flexibility index (Phi) is 3.94. The Labute approximate surface area is 83.1 Å². The number of carbonyl (C=O) groups is 1. The maximum absolute atomic E-state index is 10.9. The first kappa shape index (κ1) is 10.5. The highest BCUT2D eigenvalue weighted by Gasteiger charge is 2.12. The monoisotopic (exact) mass is 194 g/mol. The minimum Gasteiger partial charge on any atom is -0.468 e. The van der Waals surface area contributed by atoms with Crippen LogP contribution in [0.1, 0.15) is 0 Å². The van der Waals surface area contributed by atoms with Gasteiger partial charge in [0.1, 0.15) is 6.04 Å². The number of para-hydroxylation sites is 1. The molecule has 0 bridgehead atoms. The quantitative estimate of drug-likeness (QED) is 0.689. The highest BCUT2D eigenvalue weighted by Crippen LogP contribution is 2.04. The Morgan fingerprint density at radius 3 is 2.71 bits per heavy atom. The average molecular weight is 194 g/mol. The van der Waals surface area contributed by atoms with Gasteiger partial charge in [0.25, 0.3) is 0 Å². The van der Waals surface area contributed by atoms with Crippen LogP contribution < -0.4 is 11.1 Å². The molecule has 1 rings (SSSR count). The number of methoxy groups -OCH3 is 1. The van der Waals surface area contributed by atoms with Gasteiger partial charge in [-0.2, -0.15) is 0 Å². The van der Waals surface area contributed by atoms with Gasteiger partial charge in [0.05, 0.1) is 7.11 Å². The molecule has 1 atom stereocenters. The van der Waals surface area contributed by atoms with Crippen LogP contribution in [0, 0.1) is 0 Å². The fourth-order valence-corrected chi connectivity index (χ4v) is 1.02. The molecule has 0 aliphatic rings. The lowest BCUT2D eigenvalue weighted by Crippen LogP contribution is -2.38. The van der Waals surface area contributed by atoms with E-state index in [-0.39, 0.29) is 0 Å². The van der Waals surface area contributed by atoms with E-state index < -0.39 is 12.0 Å². The van der Waals surface area contributed by atoms with Crippen LogP contribution in [-0.2, 0) is 9.53 Å². The fraction of sp³-hybridized carbons (Fsp3) is 0.300. The zero-order valence-corrected chi connectivity index (χ0v) is 8.07. The van der Waals surface area contributed by atoms with Crippen LogP contribution in [0.4, 0.5) is 5.69 Å². The van der Waals surface area contributed by atoms with Gasteiger partial charge in [-0.15, -0.1) is 0 Å². The minimum absolute atomic E-state index is 0.372. The Morgan fingerprint density at radius 2 is 2.14 bits per heavy atom. The molecule has 0 aromatic heterocycles. The maximum atomic E-state index is 10.9. The van der Waals surface area contributed by atoms with E-state index in [0.29, 0.717) is 6.54 Å². The van der Waals surface area contributed by atoms with Crippen molar-refractivity contribution in [2.75, 3.05) is 19.0 Å². The molecule has 0 aliphatic carbocycles. The second-order valence-corrected chi connectivity index (χ2v) is 2.88. The molecular weight excluding hydrogens is 180 g/mol. The fourth-order valence-electron chi connectivity index (χ4n) is 1.02. The van der Waals surface area contributed by atoms with Crippen LogP contribution in [-0.4, -0.2) is 25.7 Å². The molecular formula is C10H14N2O2. The van der Waals surface area contributed by atoms with Crippen LogP contribution >= 0.6 is 0 Å². The van der Waals surface area contributed by atoms with E-state index in [1.807, 2.05) is 30.3 Å². The molecule has 0 spiro atoms. The molecule has 0 saturated carbocycles. The number of hydrogen-bond acceptors (Lipinski definition) is 4. The van der Waals surface area contributed by atoms with Gasteiger partial charge in [0.15, 0.2) is 0 Å². The first-order chi connectivity index (χ1) is 6.74. The molecule has 0 amide bonds. The van der Waals surface area contributed by atoms with Crippen LogP contribution in [0.3, 0.4) is 0 Å². The van der Waals surface area contributed by atoms with Gasteiger partial charge in [-0.1, -0.05) is 18.2 Å². The van der Waals surface area contributed by atoms with Crippen LogP contribution in [0.5, 0.6) is 0 Å². The van der Waals surface area contributed by atoms with E-state index in [0.717, 1.165) is 5.69 Å². The average Bonchev–Trinajstić information content (AvgIpc) is 2.26. The Bertz CT molecular complexity index is 287. The normalized spacial score (nSPS) is 11.9. The molecule has 0 aliphatic heterocycles. The number of ether oxygens (including phenoxy) is 1. The lowest BCUT2D eigenvalue weighted by molar-refractivity contribution is -0.141. The zero-order chi connectivity index (χ0) is 10.4. The van der Waals surface area contributed by atoms with Crippen LogP contribution in [0.2, 0.25) is 0 Å². The van der Waals surface area contributed by atoms with E-state index in [9.17, 15) is 4.79 Å². The van der Waals surface area contributed by atoms with Crippen molar-refractivity contribution in [3.8, 4) is 0 Å². The molecule has 76 valence electrons. The molecule has 0 radical (unpaired) electrons. The van der Waals surface area contributed by atoms with Gasteiger partial charge in [-0.05, 0) is 12.1 Å². The van der Waals surface area contributed by atoms with Crippen molar-refractivity contribution in [2.24, 2.45) is 5.73 Å². The van der Waals surface area contributed by atoms with Crippen LogP contribution in [0.15, 0.2) is 30.3 Å². The van der Waals surface area contributed by atoms with E-state index >= 15 is 0 Å². The highest BCUT2D eigenvalue weighted by molar-refractivity contribution is 5.76. The number of benzene rings is 1. The van der Waals surface area contributed by atoms with Crippen LogP contribution in [0.25, 0.3) is 0 Å². The summed E-state index contributed by atoms with van der Waals surface area (Å²) in [6.45, 7) is 0.372. The SMILES string of the molecule is COC(=O)[C@@H](N)CNc1ccccc1. The third-order valence-corrected chi connectivity index (χ3v) is 1.80. The van der Waals surface area contributed by atoms with Crippen molar-refractivity contribution in [3.63, 3.8) is 0 Å². The summed E-state index contributed by atoms with van der Waals surface area (Å²) in [6.07, 6.45) is 0. The third-order valence-electron chi connectivity index (χ3n) is 1.80.